The van der Waals surface area contributed by atoms with Crippen molar-refractivity contribution in [1.29, 1.82) is 0 Å². The summed E-state index contributed by atoms with van der Waals surface area (Å²) < 4.78 is 2.91. The summed E-state index contributed by atoms with van der Waals surface area (Å²) in [6.45, 7) is 4.02. The third kappa shape index (κ3) is 5.90. The van der Waals surface area contributed by atoms with Crippen molar-refractivity contribution >= 4 is 47.1 Å². The predicted molar refractivity (Wildman–Crippen MR) is 142 cm³/mol. The maximum absolute atomic E-state index is 13.7. The van der Waals surface area contributed by atoms with Crippen LogP contribution in [0.2, 0.25) is 0 Å². The molecule has 0 N–H and O–H groups in total. The van der Waals surface area contributed by atoms with Crippen LogP contribution in [0, 0.1) is 13.8 Å². The fourth-order valence-corrected chi connectivity index (χ4v) is 4.85. The van der Waals surface area contributed by atoms with Crippen LogP contribution in [0.1, 0.15) is 11.1 Å². The molecule has 0 aliphatic rings. The Bertz CT molecular complexity index is 1140. The van der Waals surface area contributed by atoms with Crippen LogP contribution in [-0.4, -0.2) is 11.8 Å². The highest BCUT2D eigenvalue weighted by Gasteiger charge is 2.31. The smallest absolute Gasteiger partial charge is 0.262 e. The molecule has 0 unspecified atom stereocenters. The molecule has 170 valence electrons. The van der Waals surface area contributed by atoms with Crippen molar-refractivity contribution in [2.24, 2.45) is 0 Å². The van der Waals surface area contributed by atoms with Gasteiger partial charge in [0.05, 0.1) is 11.4 Å². The van der Waals surface area contributed by atoms with Gasteiger partial charge in [-0.25, -0.2) is 8.61 Å². The third-order valence-corrected chi connectivity index (χ3v) is 7.05. The summed E-state index contributed by atoms with van der Waals surface area (Å²) in [5.74, 6) is -1.25. The van der Waals surface area contributed by atoms with E-state index in [4.69, 9.17) is 0 Å². The van der Waals surface area contributed by atoms with E-state index in [1.54, 1.807) is 0 Å². The second-order valence-electron chi connectivity index (χ2n) is 7.68. The first kappa shape index (κ1) is 23.7. The molecule has 0 bridgehead atoms. The molecule has 4 nitrogen and oxygen atoms in total. The largest absolute Gasteiger partial charge is 0.328 e. The number of rotatable bonds is 6. The maximum Gasteiger partial charge on any atom is 0.328 e. The van der Waals surface area contributed by atoms with Crippen molar-refractivity contribution in [3.63, 3.8) is 0 Å². The van der Waals surface area contributed by atoms with Crippen molar-refractivity contribution in [2.75, 3.05) is 8.61 Å². The molecule has 0 atom stereocenters. The zero-order valence-electron chi connectivity index (χ0n) is 18.9. The molecular formula is C28H24N2O2S2. The minimum atomic E-state index is -0.625. The van der Waals surface area contributed by atoms with E-state index in [0.717, 1.165) is 20.9 Å². The van der Waals surface area contributed by atoms with E-state index >= 15 is 0 Å². The average molecular weight is 485 g/mol. The monoisotopic (exact) mass is 484 g/mol. The minimum Gasteiger partial charge on any atom is -0.262 e. The highest BCUT2D eigenvalue weighted by Crippen LogP contribution is 2.33. The van der Waals surface area contributed by atoms with Gasteiger partial charge in [0, 0.05) is 9.79 Å². The highest BCUT2D eigenvalue weighted by atomic mass is 32.2. The van der Waals surface area contributed by atoms with Gasteiger partial charge in [0.2, 0.25) is 0 Å². The van der Waals surface area contributed by atoms with E-state index in [9.17, 15) is 9.59 Å². The highest BCUT2D eigenvalue weighted by molar-refractivity contribution is 8.02. The minimum absolute atomic E-state index is 0.625. The molecule has 6 heteroatoms. The number of anilines is 2. The van der Waals surface area contributed by atoms with E-state index in [1.807, 2.05) is 123 Å². The number of amides is 2. The van der Waals surface area contributed by atoms with Gasteiger partial charge < -0.3 is 0 Å². The van der Waals surface area contributed by atoms with Crippen LogP contribution in [0.5, 0.6) is 0 Å². The lowest BCUT2D eigenvalue weighted by Crippen LogP contribution is -2.40. The summed E-state index contributed by atoms with van der Waals surface area (Å²) in [6.07, 6.45) is 0. The Morgan fingerprint density at radius 3 is 1.15 bits per heavy atom. The number of para-hydroxylation sites is 2. The van der Waals surface area contributed by atoms with E-state index < -0.39 is 11.8 Å². The Kier molecular flexibility index (Phi) is 7.72. The molecule has 4 rings (SSSR count). The summed E-state index contributed by atoms with van der Waals surface area (Å²) in [4.78, 5) is 29.1. The first-order chi connectivity index (χ1) is 16.5. The van der Waals surface area contributed by atoms with Crippen LogP contribution >= 0.6 is 23.9 Å². The molecule has 4 aromatic rings. The van der Waals surface area contributed by atoms with Gasteiger partial charge >= 0.3 is 11.8 Å². The molecule has 0 aromatic heterocycles. The number of carbonyl (C=O) groups excluding carboxylic acids is 2. The van der Waals surface area contributed by atoms with Crippen LogP contribution in [0.25, 0.3) is 0 Å². The van der Waals surface area contributed by atoms with E-state index in [-0.39, 0.29) is 0 Å². The van der Waals surface area contributed by atoms with Crippen LogP contribution in [-0.2, 0) is 9.59 Å². The van der Waals surface area contributed by atoms with Gasteiger partial charge in [0.25, 0.3) is 0 Å². The molecule has 0 aliphatic carbocycles. The molecule has 4 aromatic carbocycles. The second kappa shape index (κ2) is 11.1. The summed E-state index contributed by atoms with van der Waals surface area (Å²) >= 11 is 2.47. The molecule has 2 amide bonds. The van der Waals surface area contributed by atoms with Gasteiger partial charge in [-0.05, 0) is 86.3 Å². The topological polar surface area (TPSA) is 40.6 Å². The molecule has 0 heterocycles. The van der Waals surface area contributed by atoms with E-state index in [1.165, 1.54) is 32.5 Å². The fraction of sp³-hybridized carbons (Fsp3) is 0.0714. The normalized spacial score (nSPS) is 10.5. The summed E-state index contributed by atoms with van der Waals surface area (Å²) in [5.41, 5.74) is 3.53. The Morgan fingerprint density at radius 2 is 0.824 bits per heavy atom. The Balaban J connectivity index is 1.67. The zero-order valence-corrected chi connectivity index (χ0v) is 20.6. The summed E-state index contributed by atoms with van der Waals surface area (Å²) in [7, 11) is 0. The maximum atomic E-state index is 13.7. The molecule has 0 spiro atoms. The number of carbonyl (C=O) groups is 2. The van der Waals surface area contributed by atoms with Crippen LogP contribution < -0.4 is 8.61 Å². The molecule has 0 saturated heterocycles. The fourth-order valence-electron chi connectivity index (χ4n) is 3.13. The Labute approximate surface area is 208 Å². The van der Waals surface area contributed by atoms with Gasteiger partial charge in [0.1, 0.15) is 0 Å². The SMILES string of the molecule is Cc1ccc(SN(C(=O)C(=O)N(Sc2ccc(C)cc2)c2ccccc2)c2ccccc2)cc1. The summed E-state index contributed by atoms with van der Waals surface area (Å²) in [6, 6.07) is 34.2. The summed E-state index contributed by atoms with van der Waals surface area (Å²) in [5, 5.41) is 0. The lowest BCUT2D eigenvalue weighted by Gasteiger charge is -2.25. The van der Waals surface area contributed by atoms with Crippen molar-refractivity contribution < 1.29 is 9.59 Å². The van der Waals surface area contributed by atoms with Gasteiger partial charge in [0.15, 0.2) is 0 Å². The molecule has 0 radical (unpaired) electrons. The standard InChI is InChI=1S/C28H24N2O2S2/c1-21-13-17-25(18-14-21)33-29(23-9-5-3-6-10-23)27(31)28(32)30(24-11-7-4-8-12-24)34-26-19-15-22(2)16-20-26/h3-20H,1-2H3. The van der Waals surface area contributed by atoms with Crippen LogP contribution in [0.15, 0.2) is 119 Å². The lowest BCUT2D eigenvalue weighted by molar-refractivity contribution is -0.134. The molecular weight excluding hydrogens is 460 g/mol. The van der Waals surface area contributed by atoms with Gasteiger partial charge in [-0.15, -0.1) is 0 Å². The predicted octanol–water partition coefficient (Wildman–Crippen LogP) is 7.08. The van der Waals surface area contributed by atoms with Crippen LogP contribution in [0.3, 0.4) is 0 Å². The van der Waals surface area contributed by atoms with Crippen molar-refractivity contribution in [1.82, 2.24) is 0 Å². The number of aryl methyl sites for hydroxylation is 2. The van der Waals surface area contributed by atoms with Gasteiger partial charge in [-0.1, -0.05) is 71.8 Å². The quantitative estimate of drug-likeness (QED) is 0.216. The Morgan fingerprint density at radius 1 is 0.500 bits per heavy atom. The number of hydrogen-bond acceptors (Lipinski definition) is 4. The number of nitrogens with zero attached hydrogens (tertiary/aromatic N) is 2. The molecule has 0 fully saturated rings. The van der Waals surface area contributed by atoms with E-state index in [2.05, 4.69) is 0 Å². The number of hydrogen-bond donors (Lipinski definition) is 0. The van der Waals surface area contributed by atoms with Crippen molar-refractivity contribution in [3.8, 4) is 0 Å². The van der Waals surface area contributed by atoms with Crippen LogP contribution in [0.4, 0.5) is 11.4 Å². The average Bonchev–Trinajstić information content (AvgIpc) is 2.88. The molecule has 34 heavy (non-hydrogen) atoms. The lowest BCUT2D eigenvalue weighted by atomic mass is 10.2. The molecule has 0 aliphatic heterocycles. The second-order valence-corrected chi connectivity index (χ2v) is 9.72. The van der Waals surface area contributed by atoms with Crippen molar-refractivity contribution in [3.05, 3.63) is 120 Å². The van der Waals surface area contributed by atoms with E-state index in [0.29, 0.717) is 11.4 Å². The zero-order chi connectivity index (χ0) is 23.9. The van der Waals surface area contributed by atoms with Gasteiger partial charge in [-0.2, -0.15) is 0 Å². The number of benzene rings is 4. The van der Waals surface area contributed by atoms with Gasteiger partial charge in [-0.3, -0.25) is 9.59 Å². The first-order valence-corrected chi connectivity index (χ1v) is 12.3. The third-order valence-electron chi connectivity index (χ3n) is 4.97. The Hall–Kier alpha value is -3.48. The van der Waals surface area contributed by atoms with Crippen molar-refractivity contribution in [2.45, 2.75) is 23.6 Å². The molecule has 0 saturated carbocycles. The first-order valence-electron chi connectivity index (χ1n) is 10.8.